The average Bonchev–Trinajstić information content (AvgIpc) is 2.09. The summed E-state index contributed by atoms with van der Waals surface area (Å²) in [6.45, 7) is 7.01. The zero-order valence-corrected chi connectivity index (χ0v) is 11.6. The van der Waals surface area contributed by atoms with E-state index in [0.717, 1.165) is 6.54 Å². The van der Waals surface area contributed by atoms with Gasteiger partial charge >= 0.3 is 0 Å². The number of nitrogens with zero attached hydrogens (tertiary/aromatic N) is 1. The van der Waals surface area contributed by atoms with Crippen molar-refractivity contribution < 1.29 is 4.79 Å². The number of rotatable bonds is 5. The summed E-state index contributed by atoms with van der Waals surface area (Å²) in [4.78, 5) is 14.3. The maximum Gasteiger partial charge on any atom is 0.227 e. The first-order chi connectivity index (χ1) is 7.07. The molecule has 0 saturated heterocycles. The van der Waals surface area contributed by atoms with Gasteiger partial charge in [0.1, 0.15) is 0 Å². The van der Waals surface area contributed by atoms with Crippen LogP contribution in [0.3, 0.4) is 0 Å². The Kier molecular flexibility index (Phi) is 7.00. The van der Waals surface area contributed by atoms with Crippen LogP contribution in [0.5, 0.6) is 0 Å². The quantitative estimate of drug-likeness (QED) is 0.808. The van der Waals surface area contributed by atoms with Gasteiger partial charge in [-0.25, -0.2) is 0 Å². The van der Waals surface area contributed by atoms with E-state index < -0.39 is 0 Å². The van der Waals surface area contributed by atoms with Crippen molar-refractivity contribution in [1.29, 1.82) is 0 Å². The maximum absolute atomic E-state index is 12.2. The molecule has 1 saturated carbocycles. The number of amides is 1. The van der Waals surface area contributed by atoms with Crippen LogP contribution in [0.25, 0.3) is 0 Å². The molecule has 0 spiro atoms. The lowest BCUT2D eigenvalue weighted by atomic mass is 9.89. The highest BCUT2D eigenvalue weighted by atomic mass is 35.5. The minimum Gasteiger partial charge on any atom is -0.337 e. The predicted octanol–water partition coefficient (Wildman–Crippen LogP) is 2.05. The molecule has 1 N–H and O–H groups in total. The van der Waals surface area contributed by atoms with Gasteiger partial charge in [0.25, 0.3) is 0 Å². The fourth-order valence-corrected chi connectivity index (χ4v) is 2.17. The Morgan fingerprint density at radius 1 is 1.38 bits per heavy atom. The standard InChI is InChI=1S/C12H24N2O.ClH/c1-9(2)14(11-6-5-7-11)12(15)10(3)8-13-4;/h9-11,13H,5-8H2,1-4H3;1H. The first kappa shape index (κ1) is 15.7. The van der Waals surface area contributed by atoms with E-state index >= 15 is 0 Å². The third-order valence-corrected chi connectivity index (χ3v) is 3.21. The molecule has 1 unspecified atom stereocenters. The van der Waals surface area contributed by atoms with Crippen molar-refractivity contribution >= 4 is 18.3 Å². The predicted molar refractivity (Wildman–Crippen MR) is 70.0 cm³/mol. The SMILES string of the molecule is CNCC(C)C(=O)N(C(C)C)C1CCC1.Cl. The van der Waals surface area contributed by atoms with Gasteiger partial charge in [-0.15, -0.1) is 12.4 Å². The number of carbonyl (C=O) groups is 1. The monoisotopic (exact) mass is 248 g/mol. The molecular formula is C12H25ClN2O. The first-order valence-corrected chi connectivity index (χ1v) is 6.04. The Morgan fingerprint density at radius 3 is 2.25 bits per heavy atom. The number of nitrogens with one attached hydrogen (secondary N) is 1. The van der Waals surface area contributed by atoms with Gasteiger partial charge in [0.15, 0.2) is 0 Å². The third kappa shape index (κ3) is 3.63. The number of hydrogen-bond donors (Lipinski definition) is 1. The van der Waals surface area contributed by atoms with E-state index in [1.807, 2.05) is 14.0 Å². The van der Waals surface area contributed by atoms with Crippen molar-refractivity contribution in [1.82, 2.24) is 10.2 Å². The number of carbonyl (C=O) groups excluding carboxylic acids is 1. The maximum atomic E-state index is 12.2. The van der Waals surface area contributed by atoms with Gasteiger partial charge in [0.2, 0.25) is 5.91 Å². The Labute approximate surface area is 105 Å². The van der Waals surface area contributed by atoms with Crippen molar-refractivity contribution in [3.05, 3.63) is 0 Å². The summed E-state index contributed by atoms with van der Waals surface area (Å²) in [6, 6.07) is 0.846. The van der Waals surface area contributed by atoms with Crippen molar-refractivity contribution in [2.45, 2.75) is 52.1 Å². The highest BCUT2D eigenvalue weighted by Gasteiger charge is 2.32. The Bertz CT molecular complexity index is 217. The fourth-order valence-electron chi connectivity index (χ4n) is 2.17. The van der Waals surface area contributed by atoms with Crippen LogP contribution in [-0.4, -0.2) is 36.5 Å². The lowest BCUT2D eigenvalue weighted by molar-refractivity contribution is -0.141. The average molecular weight is 249 g/mol. The molecule has 1 aliphatic rings. The van der Waals surface area contributed by atoms with Crippen LogP contribution in [0.2, 0.25) is 0 Å². The molecule has 0 heterocycles. The van der Waals surface area contributed by atoms with E-state index in [4.69, 9.17) is 0 Å². The normalized spacial score (nSPS) is 17.6. The molecular weight excluding hydrogens is 224 g/mol. The molecule has 4 heteroatoms. The summed E-state index contributed by atoms with van der Waals surface area (Å²) >= 11 is 0. The minimum absolute atomic E-state index is 0. The third-order valence-electron chi connectivity index (χ3n) is 3.21. The molecule has 0 aromatic carbocycles. The van der Waals surface area contributed by atoms with E-state index in [2.05, 4.69) is 24.1 Å². The van der Waals surface area contributed by atoms with Crippen molar-refractivity contribution in [3.8, 4) is 0 Å². The molecule has 1 amide bonds. The fraction of sp³-hybridized carbons (Fsp3) is 0.917. The molecule has 1 fully saturated rings. The molecule has 16 heavy (non-hydrogen) atoms. The van der Waals surface area contributed by atoms with Crippen molar-refractivity contribution in [2.75, 3.05) is 13.6 Å². The van der Waals surface area contributed by atoms with E-state index in [1.165, 1.54) is 19.3 Å². The van der Waals surface area contributed by atoms with Gasteiger partial charge in [0, 0.05) is 24.5 Å². The highest BCUT2D eigenvalue weighted by molar-refractivity contribution is 5.85. The van der Waals surface area contributed by atoms with Crippen LogP contribution in [0.1, 0.15) is 40.0 Å². The molecule has 1 atom stereocenters. The van der Waals surface area contributed by atoms with E-state index in [0.29, 0.717) is 18.0 Å². The summed E-state index contributed by atoms with van der Waals surface area (Å²) in [5, 5.41) is 3.07. The van der Waals surface area contributed by atoms with E-state index in [1.54, 1.807) is 0 Å². The van der Waals surface area contributed by atoms with Crippen molar-refractivity contribution in [3.63, 3.8) is 0 Å². The summed E-state index contributed by atoms with van der Waals surface area (Å²) in [7, 11) is 1.90. The largest absolute Gasteiger partial charge is 0.337 e. The second-order valence-electron chi connectivity index (χ2n) is 4.88. The summed E-state index contributed by atoms with van der Waals surface area (Å²) in [6.07, 6.45) is 3.66. The molecule has 0 bridgehead atoms. The summed E-state index contributed by atoms with van der Waals surface area (Å²) in [5.74, 6) is 0.405. The van der Waals surface area contributed by atoms with Crippen LogP contribution >= 0.6 is 12.4 Å². The van der Waals surface area contributed by atoms with E-state index in [9.17, 15) is 4.79 Å². The number of halogens is 1. The Balaban J connectivity index is 0.00000225. The number of hydrogen-bond acceptors (Lipinski definition) is 2. The molecule has 96 valence electrons. The van der Waals surface area contributed by atoms with Gasteiger partial charge < -0.3 is 10.2 Å². The van der Waals surface area contributed by atoms with Crippen LogP contribution in [-0.2, 0) is 4.79 Å². The molecule has 1 rings (SSSR count). The summed E-state index contributed by atoms with van der Waals surface area (Å²) in [5.41, 5.74) is 0. The van der Waals surface area contributed by atoms with Crippen LogP contribution in [0.15, 0.2) is 0 Å². The Hall–Kier alpha value is -0.280. The van der Waals surface area contributed by atoms with Gasteiger partial charge in [-0.1, -0.05) is 6.92 Å². The zero-order chi connectivity index (χ0) is 11.4. The topological polar surface area (TPSA) is 32.3 Å². The molecule has 0 radical (unpaired) electrons. The van der Waals surface area contributed by atoms with Crippen LogP contribution in [0.4, 0.5) is 0 Å². The van der Waals surface area contributed by atoms with Crippen LogP contribution < -0.4 is 5.32 Å². The van der Waals surface area contributed by atoms with Crippen LogP contribution in [0, 0.1) is 5.92 Å². The molecule has 0 aromatic heterocycles. The first-order valence-electron chi connectivity index (χ1n) is 6.04. The minimum atomic E-state index is 0. The zero-order valence-electron chi connectivity index (χ0n) is 10.8. The molecule has 0 aliphatic heterocycles. The van der Waals surface area contributed by atoms with Gasteiger partial charge in [-0.2, -0.15) is 0 Å². The highest BCUT2D eigenvalue weighted by Crippen LogP contribution is 2.27. The molecule has 1 aliphatic carbocycles. The second kappa shape index (κ2) is 7.13. The van der Waals surface area contributed by atoms with Gasteiger partial charge in [-0.3, -0.25) is 4.79 Å². The van der Waals surface area contributed by atoms with Crippen molar-refractivity contribution in [2.24, 2.45) is 5.92 Å². The smallest absolute Gasteiger partial charge is 0.227 e. The van der Waals surface area contributed by atoms with E-state index in [-0.39, 0.29) is 18.3 Å². The van der Waals surface area contributed by atoms with Gasteiger partial charge in [-0.05, 0) is 40.2 Å². The lowest BCUT2D eigenvalue weighted by Gasteiger charge is -2.41. The molecule has 3 nitrogen and oxygen atoms in total. The second-order valence-corrected chi connectivity index (χ2v) is 4.88. The summed E-state index contributed by atoms with van der Waals surface area (Å²) < 4.78 is 0. The Morgan fingerprint density at radius 2 is 1.94 bits per heavy atom. The molecule has 0 aromatic rings. The lowest BCUT2D eigenvalue weighted by Crippen LogP contribution is -2.51. The van der Waals surface area contributed by atoms with Gasteiger partial charge in [0.05, 0.1) is 0 Å².